The average molecular weight is 342 g/mol. The summed E-state index contributed by atoms with van der Waals surface area (Å²) in [5.74, 6) is -1.44. The SMILES string of the molecule is [C-]#[N+]C1CN(C(=O)N2CCC(=C(C#N)c3ccc(F)cc3F)CC2)C1. The number of amides is 2. The van der Waals surface area contributed by atoms with E-state index in [4.69, 9.17) is 6.57 Å². The lowest BCUT2D eigenvalue weighted by molar-refractivity contribution is 0.120. The van der Waals surface area contributed by atoms with E-state index in [9.17, 15) is 18.8 Å². The quantitative estimate of drug-likeness (QED) is 0.582. The van der Waals surface area contributed by atoms with Crippen molar-refractivity contribution in [2.24, 2.45) is 0 Å². The van der Waals surface area contributed by atoms with Gasteiger partial charge in [-0.05, 0) is 30.5 Å². The fourth-order valence-electron chi connectivity index (χ4n) is 3.13. The van der Waals surface area contributed by atoms with Gasteiger partial charge in [-0.2, -0.15) is 5.26 Å². The molecule has 2 aliphatic rings. The van der Waals surface area contributed by atoms with Crippen LogP contribution in [0.1, 0.15) is 18.4 Å². The zero-order valence-electron chi connectivity index (χ0n) is 13.5. The van der Waals surface area contributed by atoms with Crippen molar-refractivity contribution in [3.8, 4) is 6.07 Å². The molecule has 2 amide bonds. The van der Waals surface area contributed by atoms with Crippen molar-refractivity contribution in [3.05, 3.63) is 52.4 Å². The average Bonchev–Trinajstić information content (AvgIpc) is 2.57. The van der Waals surface area contributed by atoms with Gasteiger partial charge in [0, 0.05) is 24.7 Å². The summed E-state index contributed by atoms with van der Waals surface area (Å²) in [7, 11) is 0. The molecule has 1 aromatic rings. The number of benzene rings is 1. The van der Waals surface area contributed by atoms with Gasteiger partial charge in [0.25, 0.3) is 6.04 Å². The molecule has 0 aromatic heterocycles. The van der Waals surface area contributed by atoms with Crippen LogP contribution in [0.25, 0.3) is 10.4 Å². The van der Waals surface area contributed by atoms with Crippen molar-refractivity contribution in [3.63, 3.8) is 0 Å². The molecular weight excluding hydrogens is 326 g/mol. The number of halogens is 2. The fourth-order valence-corrected chi connectivity index (χ4v) is 3.13. The van der Waals surface area contributed by atoms with Crippen molar-refractivity contribution in [2.45, 2.75) is 18.9 Å². The molecule has 5 nitrogen and oxygen atoms in total. The summed E-state index contributed by atoms with van der Waals surface area (Å²) in [4.78, 5) is 19.0. The Morgan fingerprint density at radius 1 is 1.24 bits per heavy atom. The minimum atomic E-state index is -0.756. The molecular formula is C18H16F2N4O. The normalized spacial score (nSPS) is 17.5. The highest BCUT2D eigenvalue weighted by Gasteiger charge is 2.38. The summed E-state index contributed by atoms with van der Waals surface area (Å²) >= 11 is 0. The second kappa shape index (κ2) is 6.90. The van der Waals surface area contributed by atoms with Crippen LogP contribution in [0.15, 0.2) is 23.8 Å². The van der Waals surface area contributed by atoms with Gasteiger partial charge in [0.2, 0.25) is 0 Å². The van der Waals surface area contributed by atoms with Crippen LogP contribution >= 0.6 is 0 Å². The third-order valence-electron chi connectivity index (χ3n) is 4.62. The van der Waals surface area contributed by atoms with E-state index < -0.39 is 11.6 Å². The first-order valence-electron chi connectivity index (χ1n) is 8.01. The minimum Gasteiger partial charge on any atom is -0.324 e. The van der Waals surface area contributed by atoms with Gasteiger partial charge in [0.15, 0.2) is 0 Å². The number of carbonyl (C=O) groups excluding carboxylic acids is 1. The first kappa shape index (κ1) is 16.9. The van der Waals surface area contributed by atoms with E-state index in [1.165, 1.54) is 6.07 Å². The lowest BCUT2D eigenvalue weighted by atomic mass is 9.93. The van der Waals surface area contributed by atoms with Crippen LogP contribution in [0.3, 0.4) is 0 Å². The predicted octanol–water partition coefficient (Wildman–Crippen LogP) is 3.06. The maximum absolute atomic E-state index is 14.0. The van der Waals surface area contributed by atoms with Gasteiger partial charge >= 0.3 is 6.03 Å². The molecule has 2 heterocycles. The molecule has 1 aromatic carbocycles. The van der Waals surface area contributed by atoms with Crippen LogP contribution in [-0.4, -0.2) is 48.1 Å². The van der Waals surface area contributed by atoms with Crippen molar-refractivity contribution in [1.82, 2.24) is 9.80 Å². The molecule has 0 radical (unpaired) electrons. The third-order valence-corrected chi connectivity index (χ3v) is 4.62. The summed E-state index contributed by atoms with van der Waals surface area (Å²) in [6.07, 6.45) is 0.955. The number of likely N-dealkylation sites (tertiary alicyclic amines) is 2. The minimum absolute atomic E-state index is 0.0922. The number of urea groups is 1. The maximum atomic E-state index is 14.0. The summed E-state index contributed by atoms with van der Waals surface area (Å²) in [6, 6.07) is 5.00. The van der Waals surface area contributed by atoms with E-state index in [2.05, 4.69) is 4.85 Å². The molecule has 0 spiro atoms. The van der Waals surface area contributed by atoms with Crippen LogP contribution in [0, 0.1) is 29.5 Å². The van der Waals surface area contributed by atoms with E-state index in [0.29, 0.717) is 39.0 Å². The zero-order valence-corrected chi connectivity index (χ0v) is 13.5. The van der Waals surface area contributed by atoms with E-state index >= 15 is 0 Å². The Morgan fingerprint density at radius 3 is 2.48 bits per heavy atom. The number of piperidine rings is 1. The molecule has 128 valence electrons. The highest BCUT2D eigenvalue weighted by atomic mass is 19.1. The van der Waals surface area contributed by atoms with Crippen LogP contribution in [0.2, 0.25) is 0 Å². The first-order chi connectivity index (χ1) is 12.0. The predicted molar refractivity (Wildman–Crippen MR) is 87.1 cm³/mol. The molecule has 0 aliphatic carbocycles. The van der Waals surface area contributed by atoms with Crippen LogP contribution in [-0.2, 0) is 0 Å². The summed E-state index contributed by atoms with van der Waals surface area (Å²) in [5, 5.41) is 9.41. The molecule has 0 unspecified atom stereocenters. The molecule has 7 heteroatoms. The second-order valence-corrected chi connectivity index (χ2v) is 6.17. The Labute approximate surface area is 144 Å². The molecule has 25 heavy (non-hydrogen) atoms. The smallest absolute Gasteiger partial charge is 0.320 e. The van der Waals surface area contributed by atoms with Gasteiger partial charge in [-0.15, -0.1) is 0 Å². The number of rotatable bonds is 1. The molecule has 2 fully saturated rings. The molecule has 0 atom stereocenters. The first-order valence-corrected chi connectivity index (χ1v) is 8.01. The second-order valence-electron chi connectivity index (χ2n) is 6.17. The number of hydrogen-bond acceptors (Lipinski definition) is 2. The zero-order chi connectivity index (χ0) is 18.0. The van der Waals surface area contributed by atoms with Gasteiger partial charge in [0.1, 0.15) is 11.6 Å². The molecule has 0 bridgehead atoms. The number of hydrogen-bond donors (Lipinski definition) is 0. The summed E-state index contributed by atoms with van der Waals surface area (Å²) in [6.45, 7) is 8.74. The van der Waals surface area contributed by atoms with E-state index in [1.54, 1.807) is 9.80 Å². The van der Waals surface area contributed by atoms with Crippen molar-refractivity contribution in [2.75, 3.05) is 26.2 Å². The van der Waals surface area contributed by atoms with E-state index in [-0.39, 0.29) is 23.2 Å². The Morgan fingerprint density at radius 2 is 1.92 bits per heavy atom. The van der Waals surface area contributed by atoms with Gasteiger partial charge < -0.3 is 14.6 Å². The van der Waals surface area contributed by atoms with Crippen LogP contribution in [0.5, 0.6) is 0 Å². The monoisotopic (exact) mass is 342 g/mol. The van der Waals surface area contributed by atoms with Crippen LogP contribution in [0.4, 0.5) is 13.6 Å². The molecule has 2 aliphatic heterocycles. The summed E-state index contributed by atoms with van der Waals surface area (Å²) in [5.41, 5.74) is 1.10. The van der Waals surface area contributed by atoms with Crippen molar-refractivity contribution >= 4 is 11.6 Å². The van der Waals surface area contributed by atoms with Gasteiger partial charge in [-0.3, -0.25) is 0 Å². The van der Waals surface area contributed by atoms with Crippen molar-refractivity contribution in [1.29, 1.82) is 5.26 Å². The van der Waals surface area contributed by atoms with E-state index in [0.717, 1.165) is 17.7 Å². The fraction of sp³-hybridized carbons (Fsp3) is 0.389. The van der Waals surface area contributed by atoms with Gasteiger partial charge in [-0.25, -0.2) is 20.1 Å². The largest absolute Gasteiger partial charge is 0.324 e. The summed E-state index contributed by atoms with van der Waals surface area (Å²) < 4.78 is 27.0. The number of nitriles is 1. The lowest BCUT2D eigenvalue weighted by Gasteiger charge is -2.38. The maximum Gasteiger partial charge on any atom is 0.320 e. The molecule has 0 N–H and O–H groups in total. The standard InChI is InChI=1S/C18H16F2N4O/c1-22-14-10-24(11-14)18(25)23-6-4-12(5-7-23)16(9-21)15-3-2-13(19)8-17(15)20/h2-3,8,14H,4-7,10-11H2. The number of nitrogens with zero attached hydrogens (tertiary/aromatic N) is 4. The molecule has 0 saturated carbocycles. The van der Waals surface area contributed by atoms with Crippen molar-refractivity contribution < 1.29 is 13.6 Å². The molecule has 2 saturated heterocycles. The Bertz CT molecular complexity index is 805. The molecule has 3 rings (SSSR count). The van der Waals surface area contributed by atoms with Crippen LogP contribution < -0.4 is 0 Å². The number of allylic oxidation sites excluding steroid dienone is 1. The third kappa shape index (κ3) is 3.32. The topological polar surface area (TPSA) is 51.7 Å². The Balaban J connectivity index is 1.70. The Hall–Kier alpha value is -2.93. The van der Waals surface area contributed by atoms with Gasteiger partial charge in [0.05, 0.1) is 24.7 Å². The lowest BCUT2D eigenvalue weighted by Crippen LogP contribution is -2.57. The highest BCUT2D eigenvalue weighted by Crippen LogP contribution is 2.29. The number of carbonyl (C=O) groups is 1. The van der Waals surface area contributed by atoms with E-state index in [1.807, 2.05) is 6.07 Å². The Kier molecular flexibility index (Phi) is 4.67. The highest BCUT2D eigenvalue weighted by molar-refractivity contribution is 5.80. The van der Waals surface area contributed by atoms with Gasteiger partial charge in [-0.1, -0.05) is 0 Å².